The van der Waals surface area contributed by atoms with Gasteiger partial charge < -0.3 is 15.7 Å². The molecule has 1 aliphatic heterocycles. The third-order valence-electron chi connectivity index (χ3n) is 8.06. The van der Waals surface area contributed by atoms with Gasteiger partial charge in [0, 0.05) is 46.4 Å². The van der Waals surface area contributed by atoms with Crippen LogP contribution in [0.4, 0.5) is 13.2 Å². The first-order valence-electron chi connectivity index (χ1n) is 14.8. The minimum Gasteiger partial charge on any atom is -0.395 e. The number of piperidine rings is 1. The van der Waals surface area contributed by atoms with Gasteiger partial charge in [-0.2, -0.15) is 13.2 Å². The second kappa shape index (κ2) is 14.2. The number of benzene rings is 3. The first kappa shape index (κ1) is 34.0. The Morgan fingerprint density at radius 1 is 1.07 bits per heavy atom. The van der Waals surface area contributed by atoms with Crippen LogP contribution >= 0.6 is 15.9 Å². The molecule has 3 N–H and O–H groups in total. The summed E-state index contributed by atoms with van der Waals surface area (Å²) in [5.74, 6) is -0.991. The van der Waals surface area contributed by atoms with Crippen LogP contribution < -0.4 is 10.6 Å². The van der Waals surface area contributed by atoms with Gasteiger partial charge in [-0.15, -0.1) is 0 Å². The molecular formula is C33H34BrF3N4O4S. The summed E-state index contributed by atoms with van der Waals surface area (Å²) >= 11 is 3.48. The average Bonchev–Trinajstić information content (AvgIpc) is 3.02. The van der Waals surface area contributed by atoms with E-state index in [2.05, 4.69) is 31.5 Å². The van der Waals surface area contributed by atoms with Gasteiger partial charge in [0.05, 0.1) is 28.3 Å². The van der Waals surface area contributed by atoms with Crippen LogP contribution in [0.25, 0.3) is 22.2 Å². The lowest BCUT2D eigenvalue weighted by Gasteiger charge is -2.33. The number of likely N-dealkylation sites (tertiary alicyclic amines) is 1. The Balaban J connectivity index is 1.70. The Morgan fingerprint density at radius 2 is 1.78 bits per heavy atom. The Labute approximate surface area is 274 Å². The van der Waals surface area contributed by atoms with Crippen molar-refractivity contribution < 1.29 is 31.5 Å². The summed E-state index contributed by atoms with van der Waals surface area (Å²) in [5, 5.41) is 14.9. The fourth-order valence-corrected chi connectivity index (χ4v) is 6.84. The van der Waals surface area contributed by atoms with Gasteiger partial charge in [-0.1, -0.05) is 58.4 Å². The number of carbonyl (C=O) groups is 1. The van der Waals surface area contributed by atoms with Crippen LogP contribution in [0.15, 0.2) is 82.2 Å². The molecule has 0 spiro atoms. The molecule has 0 saturated carbocycles. The summed E-state index contributed by atoms with van der Waals surface area (Å²) in [7, 11) is -3.73. The van der Waals surface area contributed by atoms with Crippen LogP contribution in [0.2, 0.25) is 0 Å². The van der Waals surface area contributed by atoms with E-state index in [0.717, 1.165) is 23.6 Å². The van der Waals surface area contributed by atoms with Crippen LogP contribution in [0.1, 0.15) is 40.4 Å². The molecular weight excluding hydrogens is 685 g/mol. The quantitative estimate of drug-likeness (QED) is 0.195. The zero-order valence-electron chi connectivity index (χ0n) is 25.0. The zero-order valence-corrected chi connectivity index (χ0v) is 27.4. The van der Waals surface area contributed by atoms with E-state index in [4.69, 9.17) is 4.98 Å². The predicted molar refractivity (Wildman–Crippen MR) is 174 cm³/mol. The van der Waals surface area contributed by atoms with Crippen molar-refractivity contribution in [3.05, 3.63) is 94.0 Å². The van der Waals surface area contributed by atoms with Gasteiger partial charge in [0.1, 0.15) is 0 Å². The molecule has 5 rings (SSSR count). The molecule has 244 valence electrons. The largest absolute Gasteiger partial charge is 0.412 e. The Morgan fingerprint density at radius 3 is 2.41 bits per heavy atom. The lowest BCUT2D eigenvalue weighted by molar-refractivity contribution is -0.155. The summed E-state index contributed by atoms with van der Waals surface area (Å²) in [6.45, 7) is 1.93. The third-order valence-corrected chi connectivity index (χ3v) is 9.66. The number of aromatic nitrogens is 1. The van der Waals surface area contributed by atoms with Crippen molar-refractivity contribution in [1.29, 1.82) is 0 Å². The summed E-state index contributed by atoms with van der Waals surface area (Å²) in [5.41, 5.74) is 1.52. The number of hydrogen-bond acceptors (Lipinski definition) is 7. The second-order valence-electron chi connectivity index (χ2n) is 11.4. The highest BCUT2D eigenvalue weighted by molar-refractivity contribution is 9.10. The summed E-state index contributed by atoms with van der Waals surface area (Å²) < 4.78 is 69.3. The number of sulfone groups is 1. The number of carbonyl (C=O) groups excluding carboxylic acids is 1. The fraction of sp³-hybridized carbons (Fsp3) is 0.333. The van der Waals surface area contributed by atoms with Crippen LogP contribution in [-0.4, -0.2) is 74.0 Å². The molecule has 2 heterocycles. The average molecular weight is 720 g/mol. The molecule has 0 radical (unpaired) electrons. The number of rotatable bonds is 10. The van der Waals surface area contributed by atoms with E-state index in [1.165, 1.54) is 42.5 Å². The molecule has 1 fully saturated rings. The Kier molecular flexibility index (Phi) is 10.5. The number of aliphatic hydroxyl groups excluding tert-OH is 1. The van der Waals surface area contributed by atoms with Crippen molar-refractivity contribution in [1.82, 2.24) is 20.5 Å². The van der Waals surface area contributed by atoms with Crippen LogP contribution in [-0.2, 0) is 16.4 Å². The SMILES string of the molecule is CS(=O)(=O)c1ccc2nc(-c3cccc(Br)c3)c(CN3CCC(NCCO)CC3)c(C(=O)NC(c3ccccc3)C(F)(F)F)c2c1. The molecule has 8 nitrogen and oxygen atoms in total. The number of hydrogen-bond donors (Lipinski definition) is 3. The van der Waals surface area contributed by atoms with Crippen molar-refractivity contribution in [3.8, 4) is 11.3 Å². The molecule has 4 aromatic rings. The van der Waals surface area contributed by atoms with Crippen molar-refractivity contribution in [2.75, 3.05) is 32.5 Å². The zero-order chi connectivity index (χ0) is 33.1. The smallest absolute Gasteiger partial charge is 0.395 e. The number of nitrogens with zero attached hydrogens (tertiary/aromatic N) is 2. The van der Waals surface area contributed by atoms with Crippen LogP contribution in [0, 0.1) is 0 Å². The number of halogens is 4. The standard InChI is InChI=1S/C33H34BrF3N4O4S/c1-46(44,45)25-10-11-28-26(19-25)29(32(43)40-31(33(35,36)37)21-6-3-2-4-7-21)27(30(39-28)22-8-5-9-23(34)18-22)20-41-15-12-24(13-16-41)38-14-17-42/h2-11,18-19,24,31,38,42H,12-17,20H2,1H3,(H,40,43). The van der Waals surface area contributed by atoms with E-state index in [0.29, 0.717) is 36.5 Å². The first-order chi connectivity index (χ1) is 21.8. The van der Waals surface area contributed by atoms with Gasteiger partial charge in [-0.05, 0) is 61.8 Å². The molecule has 1 aromatic heterocycles. The summed E-state index contributed by atoms with van der Waals surface area (Å²) in [6.07, 6.45) is -2.26. The topological polar surface area (TPSA) is 112 Å². The highest BCUT2D eigenvalue weighted by Crippen LogP contribution is 2.37. The van der Waals surface area contributed by atoms with Gasteiger partial charge >= 0.3 is 6.18 Å². The fourth-order valence-electron chi connectivity index (χ4n) is 5.79. The molecule has 46 heavy (non-hydrogen) atoms. The van der Waals surface area contributed by atoms with Crippen LogP contribution in [0.3, 0.4) is 0 Å². The highest BCUT2D eigenvalue weighted by Gasteiger charge is 2.42. The van der Waals surface area contributed by atoms with E-state index >= 15 is 0 Å². The van der Waals surface area contributed by atoms with E-state index in [-0.39, 0.29) is 46.1 Å². The van der Waals surface area contributed by atoms with E-state index < -0.39 is 28.0 Å². The van der Waals surface area contributed by atoms with E-state index in [9.17, 15) is 31.5 Å². The molecule has 0 bridgehead atoms. The number of pyridine rings is 1. The normalized spacial score (nSPS) is 15.6. The maximum Gasteiger partial charge on any atom is 0.412 e. The van der Waals surface area contributed by atoms with Crippen LogP contribution in [0.5, 0.6) is 0 Å². The number of amides is 1. The minimum atomic E-state index is -4.81. The number of alkyl halides is 3. The van der Waals surface area contributed by atoms with Crippen molar-refractivity contribution in [3.63, 3.8) is 0 Å². The van der Waals surface area contributed by atoms with Gasteiger partial charge in [-0.25, -0.2) is 13.4 Å². The van der Waals surface area contributed by atoms with Gasteiger partial charge in [-0.3, -0.25) is 9.69 Å². The molecule has 3 aromatic carbocycles. The molecule has 13 heteroatoms. The van der Waals surface area contributed by atoms with E-state index in [1.807, 2.05) is 18.2 Å². The van der Waals surface area contributed by atoms with Gasteiger partial charge in [0.2, 0.25) is 0 Å². The number of nitrogens with one attached hydrogen (secondary N) is 2. The molecule has 1 unspecified atom stereocenters. The van der Waals surface area contributed by atoms with Gasteiger partial charge in [0.25, 0.3) is 5.91 Å². The summed E-state index contributed by atoms with van der Waals surface area (Å²) in [4.78, 5) is 21.2. The van der Waals surface area contributed by atoms with Crippen molar-refractivity contribution >= 4 is 42.6 Å². The maximum absolute atomic E-state index is 14.5. The molecule has 1 saturated heterocycles. The monoisotopic (exact) mass is 718 g/mol. The number of fused-ring (bicyclic) bond motifs is 1. The summed E-state index contributed by atoms with van der Waals surface area (Å²) in [6, 6.07) is 16.4. The second-order valence-corrected chi connectivity index (χ2v) is 14.3. The number of aliphatic hydroxyl groups is 1. The minimum absolute atomic E-state index is 0.0226. The first-order valence-corrected chi connectivity index (χ1v) is 17.5. The predicted octanol–water partition coefficient (Wildman–Crippen LogP) is 5.65. The molecule has 0 aliphatic carbocycles. The van der Waals surface area contributed by atoms with E-state index in [1.54, 1.807) is 12.1 Å². The lowest BCUT2D eigenvalue weighted by atomic mass is 9.94. The van der Waals surface area contributed by atoms with Gasteiger partial charge in [0.15, 0.2) is 15.9 Å². The Hall–Kier alpha value is -3.36. The molecule has 1 amide bonds. The third kappa shape index (κ3) is 7.95. The van der Waals surface area contributed by atoms with Crippen molar-refractivity contribution in [2.45, 2.75) is 42.5 Å². The maximum atomic E-state index is 14.5. The Bertz CT molecular complexity index is 1820. The van der Waals surface area contributed by atoms with Crippen molar-refractivity contribution in [2.24, 2.45) is 0 Å². The molecule has 1 aliphatic rings. The highest BCUT2D eigenvalue weighted by atomic mass is 79.9. The lowest BCUT2D eigenvalue weighted by Crippen LogP contribution is -2.43. The molecule has 1 atom stereocenters.